The van der Waals surface area contributed by atoms with E-state index >= 15 is 0 Å². The van der Waals surface area contributed by atoms with Gasteiger partial charge in [-0.1, -0.05) is 18.2 Å². The van der Waals surface area contributed by atoms with E-state index in [1.807, 2.05) is 23.6 Å². The Hall–Kier alpha value is -0.640. The molecule has 0 aliphatic rings. The Morgan fingerprint density at radius 1 is 1.31 bits per heavy atom. The largest absolute Gasteiger partial charge is 0.384 e. The van der Waals surface area contributed by atoms with Crippen LogP contribution in [-0.2, 0) is 0 Å². The molecule has 1 atom stereocenters. The van der Waals surface area contributed by atoms with Gasteiger partial charge in [0.05, 0.1) is 3.79 Å². The highest BCUT2D eigenvalue weighted by molar-refractivity contribution is 9.11. The first-order valence-corrected chi connectivity index (χ1v) is 6.75. The van der Waals surface area contributed by atoms with E-state index < -0.39 is 6.10 Å². The molecule has 0 aliphatic heterocycles. The van der Waals surface area contributed by atoms with E-state index in [0.717, 1.165) is 20.5 Å². The average molecular weight is 297 g/mol. The van der Waals surface area contributed by atoms with Crippen LogP contribution >= 0.6 is 27.3 Å². The third-order valence-corrected chi connectivity index (χ3v) is 4.37. The van der Waals surface area contributed by atoms with Crippen LogP contribution in [-0.4, -0.2) is 5.11 Å². The summed E-state index contributed by atoms with van der Waals surface area (Å²) in [5.74, 6) is 0. The number of aryl methyl sites for hydroxylation is 1. The van der Waals surface area contributed by atoms with Gasteiger partial charge in [-0.05, 0) is 63.5 Å². The predicted molar refractivity (Wildman–Crippen MR) is 72.0 cm³/mol. The van der Waals surface area contributed by atoms with E-state index in [1.54, 1.807) is 11.3 Å². The van der Waals surface area contributed by atoms with Gasteiger partial charge in [0, 0.05) is 0 Å². The lowest BCUT2D eigenvalue weighted by atomic mass is 9.96. The molecule has 2 rings (SSSR count). The summed E-state index contributed by atoms with van der Waals surface area (Å²) >= 11 is 5.01. The van der Waals surface area contributed by atoms with Gasteiger partial charge in [-0.2, -0.15) is 0 Å². The Balaban J connectivity index is 2.41. The molecule has 2 aromatic rings. The Morgan fingerprint density at radius 3 is 2.69 bits per heavy atom. The monoisotopic (exact) mass is 296 g/mol. The van der Waals surface area contributed by atoms with Gasteiger partial charge in [-0.3, -0.25) is 0 Å². The second-order valence-electron chi connectivity index (χ2n) is 3.88. The van der Waals surface area contributed by atoms with Crippen molar-refractivity contribution in [1.29, 1.82) is 0 Å². The molecule has 3 heteroatoms. The summed E-state index contributed by atoms with van der Waals surface area (Å²) in [5.41, 5.74) is 4.32. The van der Waals surface area contributed by atoms with Gasteiger partial charge in [-0.15, -0.1) is 11.3 Å². The van der Waals surface area contributed by atoms with Gasteiger partial charge in [-0.25, -0.2) is 0 Å². The zero-order valence-electron chi connectivity index (χ0n) is 9.20. The lowest BCUT2D eigenvalue weighted by Crippen LogP contribution is -2.01. The maximum absolute atomic E-state index is 10.3. The molecule has 1 aromatic carbocycles. The fraction of sp³-hybridized carbons (Fsp3) is 0.231. The molecule has 0 saturated heterocycles. The summed E-state index contributed by atoms with van der Waals surface area (Å²) in [6.07, 6.45) is -0.526. The van der Waals surface area contributed by atoms with Gasteiger partial charge in [0.2, 0.25) is 0 Å². The third-order valence-electron chi connectivity index (χ3n) is 2.84. The van der Waals surface area contributed by atoms with E-state index in [4.69, 9.17) is 0 Å². The summed E-state index contributed by atoms with van der Waals surface area (Å²) in [6, 6.07) is 8.01. The van der Waals surface area contributed by atoms with Crippen LogP contribution in [0.2, 0.25) is 0 Å². The van der Waals surface area contributed by atoms with Crippen LogP contribution in [0.15, 0.2) is 33.4 Å². The molecular weight excluding hydrogens is 284 g/mol. The average Bonchev–Trinajstić information content (AvgIpc) is 2.68. The van der Waals surface area contributed by atoms with E-state index in [0.29, 0.717) is 0 Å². The molecule has 0 saturated carbocycles. The second kappa shape index (κ2) is 4.70. The van der Waals surface area contributed by atoms with Gasteiger partial charge in [0.25, 0.3) is 0 Å². The first-order valence-electron chi connectivity index (χ1n) is 5.07. The molecule has 1 unspecified atom stereocenters. The maximum Gasteiger partial charge on any atom is 0.105 e. The quantitative estimate of drug-likeness (QED) is 0.880. The lowest BCUT2D eigenvalue weighted by Gasteiger charge is -2.14. The summed E-state index contributed by atoms with van der Waals surface area (Å²) in [4.78, 5) is 0. The second-order valence-corrected chi connectivity index (χ2v) is 6.17. The Labute approximate surface area is 108 Å². The van der Waals surface area contributed by atoms with Crippen molar-refractivity contribution < 1.29 is 5.11 Å². The molecule has 1 aromatic heterocycles. The summed E-state index contributed by atoms with van der Waals surface area (Å²) in [6.45, 7) is 4.12. The third kappa shape index (κ3) is 2.21. The molecule has 1 nitrogen and oxygen atoms in total. The Kier molecular flexibility index (Phi) is 3.47. The molecule has 0 aliphatic carbocycles. The van der Waals surface area contributed by atoms with Crippen molar-refractivity contribution in [2.75, 3.05) is 0 Å². The van der Waals surface area contributed by atoms with Crippen LogP contribution in [0.5, 0.6) is 0 Å². The van der Waals surface area contributed by atoms with Gasteiger partial charge >= 0.3 is 0 Å². The SMILES string of the molecule is Cc1cccc(C(O)c2csc(Br)c2)c1C. The fourth-order valence-corrected chi connectivity index (χ4v) is 2.91. The first-order chi connectivity index (χ1) is 7.59. The molecule has 0 amide bonds. The van der Waals surface area contributed by atoms with Crippen LogP contribution in [0.3, 0.4) is 0 Å². The van der Waals surface area contributed by atoms with E-state index in [9.17, 15) is 5.11 Å². The van der Waals surface area contributed by atoms with Crippen molar-refractivity contribution in [2.24, 2.45) is 0 Å². The minimum absolute atomic E-state index is 0.526. The number of thiophene rings is 1. The van der Waals surface area contributed by atoms with Crippen molar-refractivity contribution in [3.63, 3.8) is 0 Å². The maximum atomic E-state index is 10.3. The minimum atomic E-state index is -0.526. The Bertz CT molecular complexity index is 504. The number of aliphatic hydroxyl groups is 1. The first kappa shape index (κ1) is 11.8. The summed E-state index contributed by atoms with van der Waals surface area (Å²) in [5, 5.41) is 12.3. The zero-order valence-corrected chi connectivity index (χ0v) is 11.6. The molecule has 16 heavy (non-hydrogen) atoms. The standard InChI is InChI=1S/C13H13BrOS/c1-8-4-3-5-11(9(8)2)13(15)10-6-12(14)16-7-10/h3-7,13,15H,1-2H3. The highest BCUT2D eigenvalue weighted by atomic mass is 79.9. The van der Waals surface area contributed by atoms with Crippen LogP contribution in [0.4, 0.5) is 0 Å². The van der Waals surface area contributed by atoms with Gasteiger partial charge < -0.3 is 5.11 Å². The number of halogens is 1. The fourth-order valence-electron chi connectivity index (χ4n) is 1.72. The van der Waals surface area contributed by atoms with Crippen molar-refractivity contribution in [2.45, 2.75) is 20.0 Å². The molecule has 0 fully saturated rings. The van der Waals surface area contributed by atoms with Crippen LogP contribution in [0.1, 0.15) is 28.4 Å². The van der Waals surface area contributed by atoms with E-state index in [2.05, 4.69) is 35.8 Å². The summed E-state index contributed by atoms with van der Waals surface area (Å²) < 4.78 is 1.05. The molecular formula is C13H13BrOS. The zero-order chi connectivity index (χ0) is 11.7. The van der Waals surface area contributed by atoms with E-state index in [1.165, 1.54) is 5.56 Å². The number of benzene rings is 1. The highest BCUT2D eigenvalue weighted by Gasteiger charge is 2.14. The van der Waals surface area contributed by atoms with Crippen molar-refractivity contribution in [3.05, 3.63) is 55.7 Å². The normalized spacial score (nSPS) is 12.8. The summed E-state index contributed by atoms with van der Waals surface area (Å²) in [7, 11) is 0. The Morgan fingerprint density at radius 2 is 2.06 bits per heavy atom. The predicted octanol–water partition coefficient (Wildman–Crippen LogP) is 4.21. The van der Waals surface area contributed by atoms with Crippen molar-refractivity contribution >= 4 is 27.3 Å². The van der Waals surface area contributed by atoms with Crippen LogP contribution in [0, 0.1) is 13.8 Å². The van der Waals surface area contributed by atoms with Gasteiger partial charge in [0.15, 0.2) is 0 Å². The smallest absolute Gasteiger partial charge is 0.105 e. The number of hydrogen-bond donors (Lipinski definition) is 1. The molecule has 0 bridgehead atoms. The molecule has 0 radical (unpaired) electrons. The van der Waals surface area contributed by atoms with E-state index in [-0.39, 0.29) is 0 Å². The molecule has 1 heterocycles. The molecule has 1 N–H and O–H groups in total. The van der Waals surface area contributed by atoms with Crippen LogP contribution < -0.4 is 0 Å². The van der Waals surface area contributed by atoms with Crippen molar-refractivity contribution in [3.8, 4) is 0 Å². The molecule has 0 spiro atoms. The van der Waals surface area contributed by atoms with Crippen molar-refractivity contribution in [1.82, 2.24) is 0 Å². The van der Waals surface area contributed by atoms with Gasteiger partial charge in [0.1, 0.15) is 6.10 Å². The minimum Gasteiger partial charge on any atom is -0.384 e. The number of rotatable bonds is 2. The molecule has 84 valence electrons. The highest BCUT2D eigenvalue weighted by Crippen LogP contribution is 2.31. The number of aliphatic hydroxyl groups excluding tert-OH is 1. The lowest BCUT2D eigenvalue weighted by molar-refractivity contribution is 0.220. The van der Waals surface area contributed by atoms with Crippen LogP contribution in [0.25, 0.3) is 0 Å². The topological polar surface area (TPSA) is 20.2 Å². The number of hydrogen-bond acceptors (Lipinski definition) is 2.